The van der Waals surface area contributed by atoms with Crippen LogP contribution in [-0.4, -0.2) is 47.2 Å². The van der Waals surface area contributed by atoms with E-state index in [0.29, 0.717) is 24.3 Å². The monoisotopic (exact) mass is 279 g/mol. The second kappa shape index (κ2) is 5.81. The van der Waals surface area contributed by atoms with Crippen molar-refractivity contribution in [1.29, 1.82) is 0 Å². The maximum atomic E-state index is 11.7. The Hall–Kier alpha value is -2.24. The fourth-order valence-electron chi connectivity index (χ4n) is 2.29. The van der Waals surface area contributed by atoms with E-state index in [1.54, 1.807) is 12.1 Å². The Balaban J connectivity index is 1.96. The predicted molar refractivity (Wildman–Crippen MR) is 70.7 cm³/mol. The molecule has 2 rings (SSSR count). The fourth-order valence-corrected chi connectivity index (χ4v) is 2.29. The zero-order valence-electron chi connectivity index (χ0n) is 11.2. The third-order valence-electron chi connectivity index (χ3n) is 3.51. The molecule has 0 aromatic heterocycles. The average Bonchev–Trinajstić information content (AvgIpc) is 2.79. The third-order valence-corrected chi connectivity index (χ3v) is 3.51. The number of carboxylic acid groups (broad SMARTS) is 1. The molecule has 20 heavy (non-hydrogen) atoms. The summed E-state index contributed by atoms with van der Waals surface area (Å²) in [7, 11) is 1.52. The van der Waals surface area contributed by atoms with Crippen molar-refractivity contribution in [2.45, 2.75) is 12.8 Å². The standard InChI is InChI=1S/C14H17NO5/c1-20-11-3-2-9(12(16)7-11)4-5-15-8-10(14(18)19)6-13(15)17/h2-3,7,10,16H,4-6,8H2,1H3,(H,18,19). The van der Waals surface area contributed by atoms with E-state index in [1.807, 2.05) is 0 Å². The van der Waals surface area contributed by atoms with E-state index in [9.17, 15) is 14.7 Å². The number of carbonyl (C=O) groups excluding carboxylic acids is 1. The summed E-state index contributed by atoms with van der Waals surface area (Å²) in [5.41, 5.74) is 0.706. The van der Waals surface area contributed by atoms with Crippen molar-refractivity contribution in [3.63, 3.8) is 0 Å². The molecule has 1 unspecified atom stereocenters. The number of hydrogen-bond donors (Lipinski definition) is 2. The van der Waals surface area contributed by atoms with Crippen LogP contribution >= 0.6 is 0 Å². The molecular weight excluding hydrogens is 262 g/mol. The molecule has 1 amide bonds. The van der Waals surface area contributed by atoms with Gasteiger partial charge in [-0.15, -0.1) is 0 Å². The minimum Gasteiger partial charge on any atom is -0.508 e. The summed E-state index contributed by atoms with van der Waals surface area (Å²) >= 11 is 0. The van der Waals surface area contributed by atoms with E-state index in [2.05, 4.69) is 0 Å². The lowest BCUT2D eigenvalue weighted by Gasteiger charge is -2.16. The number of phenolic OH excluding ortho intramolecular Hbond substituents is 1. The second-order valence-corrected chi connectivity index (χ2v) is 4.82. The van der Waals surface area contributed by atoms with Gasteiger partial charge in [0, 0.05) is 25.6 Å². The largest absolute Gasteiger partial charge is 0.508 e. The number of carbonyl (C=O) groups is 2. The number of hydrogen-bond acceptors (Lipinski definition) is 4. The van der Waals surface area contributed by atoms with Gasteiger partial charge in [0.2, 0.25) is 5.91 Å². The van der Waals surface area contributed by atoms with Crippen LogP contribution in [0, 0.1) is 5.92 Å². The molecule has 0 aliphatic carbocycles. The Labute approximate surface area is 116 Å². The minimum absolute atomic E-state index is 0.0595. The van der Waals surface area contributed by atoms with Crippen LogP contribution in [0.2, 0.25) is 0 Å². The summed E-state index contributed by atoms with van der Waals surface area (Å²) in [4.78, 5) is 24.1. The first-order valence-corrected chi connectivity index (χ1v) is 6.37. The second-order valence-electron chi connectivity index (χ2n) is 4.82. The number of aliphatic carboxylic acids is 1. The minimum atomic E-state index is -0.937. The zero-order valence-corrected chi connectivity index (χ0v) is 11.2. The molecule has 6 nitrogen and oxygen atoms in total. The fraction of sp³-hybridized carbons (Fsp3) is 0.429. The number of benzene rings is 1. The van der Waals surface area contributed by atoms with Crippen molar-refractivity contribution in [2.75, 3.05) is 20.2 Å². The highest BCUT2D eigenvalue weighted by Crippen LogP contribution is 2.25. The summed E-state index contributed by atoms with van der Waals surface area (Å²) in [5, 5.41) is 18.7. The quantitative estimate of drug-likeness (QED) is 0.835. The SMILES string of the molecule is COc1ccc(CCN2CC(C(=O)O)CC2=O)c(O)c1. The molecule has 2 N–H and O–H groups in total. The molecule has 6 heteroatoms. The van der Waals surface area contributed by atoms with Gasteiger partial charge in [0.25, 0.3) is 0 Å². The molecule has 1 heterocycles. The number of ether oxygens (including phenoxy) is 1. The lowest BCUT2D eigenvalue weighted by Crippen LogP contribution is -2.28. The summed E-state index contributed by atoms with van der Waals surface area (Å²) in [6, 6.07) is 4.99. The number of likely N-dealkylation sites (tertiary alicyclic amines) is 1. The van der Waals surface area contributed by atoms with Gasteiger partial charge in [-0.2, -0.15) is 0 Å². The number of aromatic hydroxyl groups is 1. The van der Waals surface area contributed by atoms with Crippen molar-refractivity contribution in [3.8, 4) is 11.5 Å². The van der Waals surface area contributed by atoms with Crippen molar-refractivity contribution < 1.29 is 24.5 Å². The first-order valence-electron chi connectivity index (χ1n) is 6.37. The molecule has 0 radical (unpaired) electrons. The summed E-state index contributed by atoms with van der Waals surface area (Å²) in [6.45, 7) is 0.646. The van der Waals surface area contributed by atoms with Gasteiger partial charge in [-0.3, -0.25) is 9.59 Å². The summed E-state index contributed by atoms with van der Waals surface area (Å²) in [5.74, 6) is -1.02. The van der Waals surface area contributed by atoms with E-state index in [-0.39, 0.29) is 24.6 Å². The molecule has 0 saturated carbocycles. The Morgan fingerprint density at radius 2 is 2.25 bits per heavy atom. The molecule has 0 spiro atoms. The highest BCUT2D eigenvalue weighted by atomic mass is 16.5. The molecule has 1 aromatic carbocycles. The first kappa shape index (κ1) is 14.2. The molecular formula is C14H17NO5. The molecule has 1 aliphatic heterocycles. The molecule has 1 saturated heterocycles. The van der Waals surface area contributed by atoms with Gasteiger partial charge in [-0.1, -0.05) is 6.07 Å². The van der Waals surface area contributed by atoms with E-state index in [0.717, 1.165) is 0 Å². The Kier molecular flexibility index (Phi) is 4.12. The Morgan fingerprint density at radius 1 is 1.50 bits per heavy atom. The first-order chi connectivity index (χ1) is 9.51. The van der Waals surface area contributed by atoms with Gasteiger partial charge in [0.1, 0.15) is 11.5 Å². The molecule has 1 fully saturated rings. The number of amides is 1. The van der Waals surface area contributed by atoms with E-state index in [1.165, 1.54) is 18.1 Å². The molecule has 1 aromatic rings. The van der Waals surface area contributed by atoms with Gasteiger partial charge >= 0.3 is 5.97 Å². The van der Waals surface area contributed by atoms with Gasteiger partial charge in [0.15, 0.2) is 0 Å². The predicted octanol–water partition coefficient (Wildman–Crippen LogP) is 0.876. The van der Waals surface area contributed by atoms with E-state index < -0.39 is 11.9 Å². The molecule has 0 bridgehead atoms. The van der Waals surface area contributed by atoms with E-state index >= 15 is 0 Å². The molecule has 1 aliphatic rings. The molecule has 1 atom stereocenters. The van der Waals surface area contributed by atoms with Crippen LogP contribution in [0.3, 0.4) is 0 Å². The number of rotatable bonds is 5. The normalized spacial score (nSPS) is 18.4. The van der Waals surface area contributed by atoms with Crippen molar-refractivity contribution in [2.24, 2.45) is 5.92 Å². The van der Waals surface area contributed by atoms with Gasteiger partial charge in [-0.05, 0) is 18.1 Å². The maximum Gasteiger partial charge on any atom is 0.308 e. The van der Waals surface area contributed by atoms with Crippen molar-refractivity contribution in [3.05, 3.63) is 23.8 Å². The topological polar surface area (TPSA) is 87.1 Å². The van der Waals surface area contributed by atoms with Gasteiger partial charge in [-0.25, -0.2) is 0 Å². The van der Waals surface area contributed by atoms with Crippen molar-refractivity contribution in [1.82, 2.24) is 4.90 Å². The van der Waals surface area contributed by atoms with Crippen LogP contribution in [0.1, 0.15) is 12.0 Å². The van der Waals surface area contributed by atoms with Crippen LogP contribution < -0.4 is 4.74 Å². The number of nitrogens with zero attached hydrogens (tertiary/aromatic N) is 1. The lowest BCUT2D eigenvalue weighted by atomic mass is 10.1. The van der Waals surface area contributed by atoms with Gasteiger partial charge < -0.3 is 19.8 Å². The summed E-state index contributed by atoms with van der Waals surface area (Å²) < 4.78 is 5.00. The average molecular weight is 279 g/mol. The lowest BCUT2D eigenvalue weighted by molar-refractivity contribution is -0.141. The van der Waals surface area contributed by atoms with Crippen molar-refractivity contribution >= 4 is 11.9 Å². The number of phenols is 1. The van der Waals surface area contributed by atoms with Crippen LogP contribution in [0.4, 0.5) is 0 Å². The zero-order chi connectivity index (χ0) is 14.7. The van der Waals surface area contributed by atoms with E-state index in [4.69, 9.17) is 9.84 Å². The Morgan fingerprint density at radius 3 is 2.80 bits per heavy atom. The van der Waals surface area contributed by atoms with Crippen LogP contribution in [0.25, 0.3) is 0 Å². The van der Waals surface area contributed by atoms with Crippen LogP contribution in [-0.2, 0) is 16.0 Å². The molecule has 108 valence electrons. The van der Waals surface area contributed by atoms with Crippen LogP contribution in [0.5, 0.6) is 11.5 Å². The number of carboxylic acids is 1. The highest BCUT2D eigenvalue weighted by molar-refractivity contribution is 5.86. The third kappa shape index (κ3) is 3.01. The maximum absolute atomic E-state index is 11.7. The highest BCUT2D eigenvalue weighted by Gasteiger charge is 2.33. The van der Waals surface area contributed by atoms with Gasteiger partial charge in [0.05, 0.1) is 13.0 Å². The summed E-state index contributed by atoms with van der Waals surface area (Å²) in [6.07, 6.45) is 0.540. The smallest absolute Gasteiger partial charge is 0.308 e. The number of methoxy groups -OCH3 is 1. The Bertz CT molecular complexity index is 528. The van der Waals surface area contributed by atoms with Crippen LogP contribution in [0.15, 0.2) is 18.2 Å².